The number of nitrogens with one attached hydrogen (secondary N) is 3. The van der Waals surface area contributed by atoms with Gasteiger partial charge in [0.1, 0.15) is 0 Å². The van der Waals surface area contributed by atoms with E-state index in [0.29, 0.717) is 5.96 Å². The summed E-state index contributed by atoms with van der Waals surface area (Å²) in [4.78, 5) is 10.9. The number of hydrogen-bond acceptors (Lipinski definition) is 3. The van der Waals surface area contributed by atoms with E-state index >= 15 is 0 Å². The first-order chi connectivity index (χ1) is 7.86. The van der Waals surface area contributed by atoms with Crippen LogP contribution in [0.1, 0.15) is 18.5 Å². The summed E-state index contributed by atoms with van der Waals surface area (Å²) in [5, 5.41) is 13.9. The molecule has 0 saturated heterocycles. The number of rotatable bonds is 5. The van der Waals surface area contributed by atoms with Crippen molar-refractivity contribution in [1.82, 2.24) is 20.6 Å². The van der Waals surface area contributed by atoms with E-state index in [-0.39, 0.29) is 0 Å². The minimum Gasteiger partial charge on any atom is -0.356 e. The van der Waals surface area contributed by atoms with Crippen LogP contribution in [0.15, 0.2) is 17.5 Å². The summed E-state index contributed by atoms with van der Waals surface area (Å²) in [7, 11) is 1.64. The smallest absolute Gasteiger partial charge is 0.204 e. The Kier molecular flexibility index (Phi) is 5.48. The van der Waals surface area contributed by atoms with Crippen LogP contribution < -0.4 is 10.6 Å². The number of hydrogen-bond donors (Lipinski definition) is 3. The van der Waals surface area contributed by atoms with Crippen LogP contribution in [-0.2, 0) is 6.42 Å². The van der Waals surface area contributed by atoms with Crippen LogP contribution in [0.3, 0.4) is 0 Å². The first kappa shape index (κ1) is 12.0. The van der Waals surface area contributed by atoms with E-state index in [0.717, 1.165) is 31.5 Å². The molecule has 1 aromatic rings. The summed E-state index contributed by atoms with van der Waals surface area (Å²) >= 11 is 0. The third-order valence-electron chi connectivity index (χ3n) is 2.12. The van der Waals surface area contributed by atoms with Crippen molar-refractivity contribution in [3.63, 3.8) is 0 Å². The average molecular weight is 220 g/mol. The van der Waals surface area contributed by atoms with E-state index in [1.165, 1.54) is 0 Å². The number of nitrogens with zero attached hydrogens (tertiary/aromatic N) is 3. The SMILES string of the molecule is CN=C(NC#N)NCCCCc1cnc[nH]1. The van der Waals surface area contributed by atoms with Crippen molar-refractivity contribution in [3.05, 3.63) is 18.2 Å². The van der Waals surface area contributed by atoms with E-state index < -0.39 is 0 Å². The molecule has 16 heavy (non-hydrogen) atoms. The van der Waals surface area contributed by atoms with Gasteiger partial charge in [0, 0.05) is 25.5 Å². The molecule has 86 valence electrons. The third-order valence-corrected chi connectivity index (χ3v) is 2.12. The topological polar surface area (TPSA) is 88.9 Å². The molecule has 6 nitrogen and oxygen atoms in total. The van der Waals surface area contributed by atoms with Gasteiger partial charge in [0.05, 0.1) is 6.33 Å². The normalized spacial score (nSPS) is 10.9. The molecule has 0 saturated carbocycles. The van der Waals surface area contributed by atoms with Crippen molar-refractivity contribution in [2.45, 2.75) is 19.3 Å². The molecule has 0 radical (unpaired) electrons. The molecule has 0 aliphatic carbocycles. The molecule has 1 aromatic heterocycles. The minimum absolute atomic E-state index is 0.518. The lowest BCUT2D eigenvalue weighted by Gasteiger charge is -2.06. The van der Waals surface area contributed by atoms with Crippen LogP contribution in [0.25, 0.3) is 0 Å². The number of guanidine groups is 1. The molecule has 0 aromatic carbocycles. The molecule has 0 aliphatic rings. The Morgan fingerprint density at radius 2 is 2.50 bits per heavy atom. The van der Waals surface area contributed by atoms with Gasteiger partial charge in [-0.3, -0.25) is 10.3 Å². The van der Waals surface area contributed by atoms with Gasteiger partial charge >= 0.3 is 0 Å². The summed E-state index contributed by atoms with van der Waals surface area (Å²) in [6.45, 7) is 0.801. The summed E-state index contributed by atoms with van der Waals surface area (Å²) in [5.74, 6) is 0.518. The van der Waals surface area contributed by atoms with Crippen LogP contribution >= 0.6 is 0 Å². The van der Waals surface area contributed by atoms with E-state index in [1.54, 1.807) is 13.4 Å². The fourth-order valence-corrected chi connectivity index (χ4v) is 1.30. The largest absolute Gasteiger partial charge is 0.356 e. The van der Waals surface area contributed by atoms with Crippen molar-refractivity contribution in [1.29, 1.82) is 5.26 Å². The molecular formula is C10H16N6. The quantitative estimate of drug-likeness (QED) is 0.220. The van der Waals surface area contributed by atoms with Crippen molar-refractivity contribution in [2.75, 3.05) is 13.6 Å². The van der Waals surface area contributed by atoms with Crippen LogP contribution in [0.2, 0.25) is 0 Å². The highest BCUT2D eigenvalue weighted by Gasteiger charge is 1.96. The lowest BCUT2D eigenvalue weighted by atomic mass is 10.2. The Morgan fingerprint density at radius 3 is 3.12 bits per heavy atom. The fourth-order valence-electron chi connectivity index (χ4n) is 1.30. The van der Waals surface area contributed by atoms with Gasteiger partial charge in [-0.2, -0.15) is 5.26 Å². The molecule has 0 spiro atoms. The lowest BCUT2D eigenvalue weighted by Crippen LogP contribution is -2.34. The zero-order valence-corrected chi connectivity index (χ0v) is 9.32. The zero-order valence-electron chi connectivity index (χ0n) is 9.32. The second kappa shape index (κ2) is 7.29. The summed E-state index contributed by atoms with van der Waals surface area (Å²) < 4.78 is 0. The van der Waals surface area contributed by atoms with Crippen molar-refractivity contribution < 1.29 is 0 Å². The fraction of sp³-hybridized carbons (Fsp3) is 0.500. The van der Waals surface area contributed by atoms with Gasteiger partial charge < -0.3 is 10.3 Å². The van der Waals surface area contributed by atoms with Gasteiger partial charge in [-0.25, -0.2) is 4.98 Å². The Labute approximate surface area is 94.8 Å². The highest BCUT2D eigenvalue weighted by atomic mass is 15.2. The van der Waals surface area contributed by atoms with Crippen LogP contribution in [0, 0.1) is 11.5 Å². The summed E-state index contributed by atoms with van der Waals surface area (Å²) in [6.07, 6.45) is 8.43. The minimum atomic E-state index is 0.518. The predicted octanol–water partition coefficient (Wildman–Crippen LogP) is 0.378. The molecule has 3 N–H and O–H groups in total. The molecule has 0 aliphatic heterocycles. The second-order valence-corrected chi connectivity index (χ2v) is 3.27. The first-order valence-corrected chi connectivity index (χ1v) is 5.20. The highest BCUT2D eigenvalue weighted by molar-refractivity contribution is 5.80. The van der Waals surface area contributed by atoms with Gasteiger partial charge in [0.25, 0.3) is 0 Å². The van der Waals surface area contributed by atoms with Gasteiger partial charge in [0.15, 0.2) is 6.19 Å². The number of H-pyrrole nitrogens is 1. The van der Waals surface area contributed by atoms with Gasteiger partial charge in [-0.1, -0.05) is 0 Å². The molecule has 1 rings (SSSR count). The molecule has 0 fully saturated rings. The maximum atomic E-state index is 8.40. The summed E-state index contributed by atoms with van der Waals surface area (Å²) in [6, 6.07) is 0. The molecule has 0 amide bonds. The van der Waals surface area contributed by atoms with E-state index in [4.69, 9.17) is 5.26 Å². The average Bonchev–Trinajstić information content (AvgIpc) is 2.80. The third kappa shape index (κ3) is 4.46. The van der Waals surface area contributed by atoms with Gasteiger partial charge in [-0.05, 0) is 19.3 Å². The van der Waals surface area contributed by atoms with Crippen molar-refractivity contribution in [3.8, 4) is 6.19 Å². The zero-order chi connectivity index (χ0) is 11.6. The maximum absolute atomic E-state index is 8.40. The first-order valence-electron chi connectivity index (χ1n) is 5.20. The van der Waals surface area contributed by atoms with Crippen molar-refractivity contribution >= 4 is 5.96 Å². The van der Waals surface area contributed by atoms with Crippen LogP contribution in [-0.4, -0.2) is 29.5 Å². The molecule has 6 heteroatoms. The number of imidazole rings is 1. The Bertz CT molecular complexity index is 348. The number of aromatic nitrogens is 2. The van der Waals surface area contributed by atoms with Gasteiger partial charge in [-0.15, -0.1) is 0 Å². The lowest BCUT2D eigenvalue weighted by molar-refractivity contribution is 0.696. The molecule has 0 unspecified atom stereocenters. The predicted molar refractivity (Wildman–Crippen MR) is 61.6 cm³/mol. The number of aliphatic imine (C=N–C) groups is 1. The molecular weight excluding hydrogens is 204 g/mol. The van der Waals surface area contributed by atoms with Crippen molar-refractivity contribution in [2.24, 2.45) is 4.99 Å². The number of aromatic amines is 1. The Balaban J connectivity index is 2.06. The number of aryl methyl sites for hydroxylation is 1. The maximum Gasteiger partial charge on any atom is 0.204 e. The number of unbranched alkanes of at least 4 members (excludes halogenated alkanes) is 1. The van der Waals surface area contributed by atoms with Crippen LogP contribution in [0.4, 0.5) is 0 Å². The summed E-state index contributed by atoms with van der Waals surface area (Å²) in [5.41, 5.74) is 1.15. The van der Waals surface area contributed by atoms with Crippen LogP contribution in [0.5, 0.6) is 0 Å². The molecule has 1 heterocycles. The van der Waals surface area contributed by atoms with E-state index in [1.807, 2.05) is 12.4 Å². The number of nitriles is 1. The van der Waals surface area contributed by atoms with Gasteiger partial charge in [0.2, 0.25) is 5.96 Å². The Hall–Kier alpha value is -2.03. The van der Waals surface area contributed by atoms with E-state index in [9.17, 15) is 0 Å². The molecule has 0 atom stereocenters. The highest BCUT2D eigenvalue weighted by Crippen LogP contribution is 1.98. The Morgan fingerprint density at radius 1 is 1.62 bits per heavy atom. The monoisotopic (exact) mass is 220 g/mol. The second-order valence-electron chi connectivity index (χ2n) is 3.27. The standard InChI is InChI=1S/C10H16N6/c1-12-10(15-7-11)14-5-3-2-4-9-6-13-8-16-9/h6,8H,2-5H2,1H3,(H,13,16)(H2,12,14,15). The molecule has 0 bridgehead atoms. The van der Waals surface area contributed by atoms with E-state index in [2.05, 4.69) is 25.6 Å².